The molecule has 4 atom stereocenters. The normalized spacial score (nSPS) is 16.5. The summed E-state index contributed by atoms with van der Waals surface area (Å²) in [6.07, 6.45) is 9.92. The third kappa shape index (κ3) is 14.7. The molecule has 192 valence electrons. The van der Waals surface area contributed by atoms with Crippen LogP contribution < -0.4 is 4.74 Å². The van der Waals surface area contributed by atoms with Crippen molar-refractivity contribution in [3.8, 4) is 5.75 Å². The van der Waals surface area contributed by atoms with Gasteiger partial charge in [0.05, 0.1) is 11.7 Å². The summed E-state index contributed by atoms with van der Waals surface area (Å²) in [5.74, 6) is 3.19. The standard InChI is InChI=1S/C29H53NO3/c1-24(2)13-10-14-25(3)15-11-16-26(4)17-12-20-29(5,32)28(31)23-30(6)21-22-33-27-18-8-7-9-19-27/h7-9,18-19,24-26,28,31-32H,10-17,20-23H2,1-6H3. The van der Waals surface area contributed by atoms with Crippen LogP contribution in [0.5, 0.6) is 5.75 Å². The molecule has 33 heavy (non-hydrogen) atoms. The van der Waals surface area contributed by atoms with Crippen LogP contribution in [0, 0.1) is 17.8 Å². The zero-order valence-corrected chi connectivity index (χ0v) is 22.4. The van der Waals surface area contributed by atoms with Crippen LogP contribution in [0.2, 0.25) is 0 Å². The maximum absolute atomic E-state index is 10.8. The molecular formula is C29H53NO3. The average molecular weight is 464 g/mol. The summed E-state index contributed by atoms with van der Waals surface area (Å²) in [5, 5.41) is 21.4. The zero-order valence-electron chi connectivity index (χ0n) is 22.4. The first kappa shape index (κ1) is 29.9. The van der Waals surface area contributed by atoms with Crippen molar-refractivity contribution >= 4 is 0 Å². The first-order valence-electron chi connectivity index (χ1n) is 13.4. The van der Waals surface area contributed by atoms with Gasteiger partial charge < -0.3 is 19.8 Å². The molecule has 4 nitrogen and oxygen atoms in total. The smallest absolute Gasteiger partial charge is 0.119 e. The van der Waals surface area contributed by atoms with Crippen LogP contribution in [-0.2, 0) is 0 Å². The first-order chi connectivity index (χ1) is 15.6. The Hall–Kier alpha value is -1.10. The highest BCUT2D eigenvalue weighted by molar-refractivity contribution is 5.20. The Labute approximate surface area is 204 Å². The van der Waals surface area contributed by atoms with E-state index in [9.17, 15) is 10.2 Å². The van der Waals surface area contributed by atoms with Gasteiger partial charge in [0, 0.05) is 13.1 Å². The third-order valence-electron chi connectivity index (χ3n) is 6.94. The van der Waals surface area contributed by atoms with Crippen LogP contribution in [-0.4, -0.2) is 53.6 Å². The lowest BCUT2D eigenvalue weighted by atomic mass is 9.88. The van der Waals surface area contributed by atoms with Gasteiger partial charge in [-0.1, -0.05) is 97.3 Å². The topological polar surface area (TPSA) is 52.9 Å². The molecule has 1 rings (SSSR count). The molecule has 0 saturated heterocycles. The van der Waals surface area contributed by atoms with E-state index in [-0.39, 0.29) is 0 Å². The molecule has 0 fully saturated rings. The number of hydrogen-bond donors (Lipinski definition) is 2. The van der Waals surface area contributed by atoms with Crippen molar-refractivity contribution < 1.29 is 14.9 Å². The van der Waals surface area contributed by atoms with Crippen molar-refractivity contribution in [2.24, 2.45) is 17.8 Å². The molecule has 1 aromatic carbocycles. The monoisotopic (exact) mass is 463 g/mol. The summed E-state index contributed by atoms with van der Waals surface area (Å²) in [4.78, 5) is 2.02. The Bertz CT molecular complexity index is 590. The Balaban J connectivity index is 2.16. The molecule has 0 radical (unpaired) electrons. The van der Waals surface area contributed by atoms with Gasteiger partial charge in [0.1, 0.15) is 12.4 Å². The van der Waals surface area contributed by atoms with Crippen LogP contribution in [0.15, 0.2) is 30.3 Å². The minimum absolute atomic E-state index is 0.440. The summed E-state index contributed by atoms with van der Waals surface area (Å²) in [7, 11) is 1.96. The van der Waals surface area contributed by atoms with E-state index < -0.39 is 11.7 Å². The predicted octanol–water partition coefficient (Wildman–Crippen LogP) is 6.55. The highest BCUT2D eigenvalue weighted by Gasteiger charge is 2.30. The number of likely N-dealkylation sites (N-methyl/N-ethyl adjacent to an activating group) is 1. The molecule has 0 aromatic heterocycles. The van der Waals surface area contributed by atoms with Crippen LogP contribution in [0.1, 0.15) is 92.4 Å². The fraction of sp³-hybridized carbons (Fsp3) is 0.793. The lowest BCUT2D eigenvalue weighted by molar-refractivity contribution is -0.0787. The van der Waals surface area contributed by atoms with E-state index in [0.717, 1.165) is 30.4 Å². The number of rotatable bonds is 19. The molecule has 0 bridgehead atoms. The van der Waals surface area contributed by atoms with Gasteiger partial charge in [-0.3, -0.25) is 0 Å². The molecular weight excluding hydrogens is 410 g/mol. The minimum atomic E-state index is -1.06. The maximum Gasteiger partial charge on any atom is 0.119 e. The molecule has 0 amide bonds. The van der Waals surface area contributed by atoms with E-state index in [1.54, 1.807) is 6.92 Å². The second kappa shape index (κ2) is 16.5. The van der Waals surface area contributed by atoms with Gasteiger partial charge >= 0.3 is 0 Å². The van der Waals surface area contributed by atoms with Gasteiger partial charge in [-0.05, 0) is 50.3 Å². The van der Waals surface area contributed by atoms with Gasteiger partial charge in [0.25, 0.3) is 0 Å². The fourth-order valence-corrected chi connectivity index (χ4v) is 4.37. The van der Waals surface area contributed by atoms with E-state index >= 15 is 0 Å². The van der Waals surface area contributed by atoms with E-state index in [0.29, 0.717) is 32.0 Å². The predicted molar refractivity (Wildman–Crippen MR) is 141 cm³/mol. The zero-order chi connectivity index (χ0) is 24.7. The number of aliphatic hydroxyl groups excluding tert-OH is 1. The van der Waals surface area contributed by atoms with E-state index in [1.807, 2.05) is 42.3 Å². The number of benzene rings is 1. The minimum Gasteiger partial charge on any atom is -0.492 e. The number of nitrogens with zero attached hydrogens (tertiary/aromatic N) is 1. The van der Waals surface area contributed by atoms with Crippen LogP contribution in [0.3, 0.4) is 0 Å². The lowest BCUT2D eigenvalue weighted by Crippen LogP contribution is -2.46. The molecule has 0 saturated carbocycles. The second-order valence-corrected chi connectivity index (χ2v) is 11.2. The van der Waals surface area contributed by atoms with Crippen LogP contribution in [0.4, 0.5) is 0 Å². The average Bonchev–Trinajstić information content (AvgIpc) is 2.74. The van der Waals surface area contributed by atoms with Gasteiger partial charge in [-0.25, -0.2) is 0 Å². The molecule has 0 aliphatic heterocycles. The van der Waals surface area contributed by atoms with Crippen molar-refractivity contribution in [3.63, 3.8) is 0 Å². The van der Waals surface area contributed by atoms with Crippen LogP contribution in [0.25, 0.3) is 0 Å². The fourth-order valence-electron chi connectivity index (χ4n) is 4.37. The van der Waals surface area contributed by atoms with Gasteiger partial charge in [0.15, 0.2) is 0 Å². The molecule has 0 spiro atoms. The first-order valence-corrected chi connectivity index (χ1v) is 13.4. The molecule has 2 N–H and O–H groups in total. The highest BCUT2D eigenvalue weighted by atomic mass is 16.5. The Morgan fingerprint density at radius 1 is 0.879 bits per heavy atom. The molecule has 4 unspecified atom stereocenters. The summed E-state index contributed by atoms with van der Waals surface area (Å²) in [5.41, 5.74) is -1.06. The van der Waals surface area contributed by atoms with Crippen molar-refractivity contribution in [3.05, 3.63) is 30.3 Å². The van der Waals surface area contributed by atoms with Crippen molar-refractivity contribution in [1.29, 1.82) is 0 Å². The highest BCUT2D eigenvalue weighted by Crippen LogP contribution is 2.24. The molecule has 1 aromatic rings. The molecule has 4 heteroatoms. The Kier molecular flexibility index (Phi) is 15.0. The van der Waals surface area contributed by atoms with E-state index in [4.69, 9.17) is 4.74 Å². The quantitative estimate of drug-likeness (QED) is 0.244. The van der Waals surface area contributed by atoms with Crippen molar-refractivity contribution in [2.45, 2.75) is 104 Å². The summed E-state index contributed by atoms with van der Waals surface area (Å²) in [6, 6.07) is 9.76. The van der Waals surface area contributed by atoms with Crippen molar-refractivity contribution in [2.75, 3.05) is 26.7 Å². The van der Waals surface area contributed by atoms with E-state index in [1.165, 1.54) is 38.5 Å². The Morgan fingerprint density at radius 2 is 1.42 bits per heavy atom. The third-order valence-corrected chi connectivity index (χ3v) is 6.94. The molecule has 0 heterocycles. The Morgan fingerprint density at radius 3 is 2.00 bits per heavy atom. The van der Waals surface area contributed by atoms with Crippen molar-refractivity contribution in [1.82, 2.24) is 4.90 Å². The van der Waals surface area contributed by atoms with Gasteiger partial charge in [-0.15, -0.1) is 0 Å². The number of ether oxygens (including phenoxy) is 1. The van der Waals surface area contributed by atoms with E-state index in [2.05, 4.69) is 27.7 Å². The number of aliphatic hydroxyl groups is 2. The summed E-state index contributed by atoms with van der Waals surface area (Å²) in [6.45, 7) is 12.8. The maximum atomic E-state index is 10.8. The largest absolute Gasteiger partial charge is 0.492 e. The molecule has 0 aliphatic rings. The number of para-hydroxylation sites is 1. The van der Waals surface area contributed by atoms with Crippen LogP contribution >= 0.6 is 0 Å². The van der Waals surface area contributed by atoms with Gasteiger partial charge in [0.2, 0.25) is 0 Å². The van der Waals surface area contributed by atoms with Gasteiger partial charge in [-0.2, -0.15) is 0 Å². The second-order valence-electron chi connectivity index (χ2n) is 11.2. The summed E-state index contributed by atoms with van der Waals surface area (Å²) >= 11 is 0. The SMILES string of the molecule is CC(C)CCCC(C)CCCC(C)CCCC(C)(O)C(O)CN(C)CCOc1ccccc1. The molecule has 0 aliphatic carbocycles. The summed E-state index contributed by atoms with van der Waals surface area (Å²) < 4.78 is 5.72. The lowest BCUT2D eigenvalue weighted by Gasteiger charge is -2.32. The number of hydrogen-bond acceptors (Lipinski definition) is 4.